The fraction of sp³-hybridized carbons (Fsp3) is 0.0833. The fourth-order valence-corrected chi connectivity index (χ4v) is 2.12. The topological polar surface area (TPSA) is 64.0 Å². The standard InChI is InChI=1S/C12H8BrCl2N3O2/c13-10-11(15)16-6-18(12(10)20)5-9(19)17-8-3-1-2-7(14)4-8/h1-4,6H,5H2,(H,17,19). The molecule has 0 aliphatic rings. The molecule has 0 aliphatic carbocycles. The van der Waals surface area contributed by atoms with Gasteiger partial charge in [-0.05, 0) is 34.1 Å². The molecule has 0 atom stereocenters. The number of benzene rings is 1. The Morgan fingerprint density at radius 3 is 2.85 bits per heavy atom. The lowest BCUT2D eigenvalue weighted by molar-refractivity contribution is -0.116. The van der Waals surface area contributed by atoms with Crippen molar-refractivity contribution in [2.75, 3.05) is 5.32 Å². The molecule has 1 aromatic heterocycles. The largest absolute Gasteiger partial charge is 0.324 e. The van der Waals surface area contributed by atoms with E-state index in [1.165, 1.54) is 6.33 Å². The number of halogens is 3. The first-order valence-electron chi connectivity index (χ1n) is 5.43. The third-order valence-electron chi connectivity index (χ3n) is 2.36. The molecular weight excluding hydrogens is 369 g/mol. The van der Waals surface area contributed by atoms with Crippen LogP contribution in [0, 0.1) is 0 Å². The van der Waals surface area contributed by atoms with Gasteiger partial charge in [-0.3, -0.25) is 14.2 Å². The highest BCUT2D eigenvalue weighted by atomic mass is 79.9. The van der Waals surface area contributed by atoms with Gasteiger partial charge < -0.3 is 5.32 Å². The normalized spacial score (nSPS) is 10.3. The Morgan fingerprint density at radius 1 is 1.40 bits per heavy atom. The van der Waals surface area contributed by atoms with Gasteiger partial charge in [0, 0.05) is 10.7 Å². The predicted octanol–water partition coefficient (Wildman–Crippen LogP) is 2.95. The van der Waals surface area contributed by atoms with E-state index in [0.717, 1.165) is 4.57 Å². The lowest BCUT2D eigenvalue weighted by Gasteiger charge is -2.08. The minimum atomic E-state index is -0.425. The van der Waals surface area contributed by atoms with E-state index < -0.39 is 5.56 Å². The van der Waals surface area contributed by atoms with Crippen LogP contribution in [0.5, 0.6) is 0 Å². The van der Waals surface area contributed by atoms with Gasteiger partial charge in [-0.25, -0.2) is 4.98 Å². The van der Waals surface area contributed by atoms with Gasteiger partial charge >= 0.3 is 0 Å². The second-order valence-electron chi connectivity index (χ2n) is 3.84. The second kappa shape index (κ2) is 6.39. The Hall–Kier alpha value is -1.37. The first kappa shape index (κ1) is 15.0. The maximum Gasteiger partial charge on any atom is 0.269 e. The van der Waals surface area contributed by atoms with E-state index in [-0.39, 0.29) is 22.1 Å². The molecule has 2 aromatic rings. The molecule has 1 N–H and O–H groups in total. The van der Waals surface area contributed by atoms with Crippen LogP contribution in [0.3, 0.4) is 0 Å². The number of carbonyl (C=O) groups is 1. The number of hydrogen-bond donors (Lipinski definition) is 1. The van der Waals surface area contributed by atoms with E-state index in [1.54, 1.807) is 24.3 Å². The van der Waals surface area contributed by atoms with Crippen LogP contribution in [-0.4, -0.2) is 15.5 Å². The summed E-state index contributed by atoms with van der Waals surface area (Å²) in [7, 11) is 0. The molecule has 0 fully saturated rings. The van der Waals surface area contributed by atoms with E-state index in [2.05, 4.69) is 26.2 Å². The Bertz CT molecular complexity index is 718. The summed E-state index contributed by atoms with van der Waals surface area (Å²) in [6.45, 7) is -0.173. The number of anilines is 1. The molecule has 0 saturated carbocycles. The minimum absolute atomic E-state index is 0.0569. The van der Waals surface area contributed by atoms with Crippen molar-refractivity contribution >= 4 is 50.7 Å². The Morgan fingerprint density at radius 2 is 2.15 bits per heavy atom. The first-order valence-corrected chi connectivity index (χ1v) is 6.98. The molecule has 0 radical (unpaired) electrons. The summed E-state index contributed by atoms with van der Waals surface area (Å²) in [4.78, 5) is 27.5. The van der Waals surface area contributed by atoms with Gasteiger partial charge in [0.1, 0.15) is 11.0 Å². The maximum absolute atomic E-state index is 11.9. The van der Waals surface area contributed by atoms with Gasteiger partial charge in [-0.2, -0.15) is 0 Å². The zero-order chi connectivity index (χ0) is 14.7. The molecule has 1 aromatic carbocycles. The number of nitrogens with zero attached hydrogens (tertiary/aromatic N) is 2. The van der Waals surface area contributed by atoms with Crippen molar-refractivity contribution in [1.82, 2.24) is 9.55 Å². The number of nitrogens with one attached hydrogen (secondary N) is 1. The summed E-state index contributed by atoms with van der Waals surface area (Å²) >= 11 is 14.5. The van der Waals surface area contributed by atoms with Gasteiger partial charge in [0.25, 0.3) is 5.56 Å². The molecule has 0 saturated heterocycles. The van der Waals surface area contributed by atoms with Crippen LogP contribution in [0.15, 0.2) is 39.9 Å². The fourth-order valence-electron chi connectivity index (χ4n) is 1.48. The molecule has 8 heteroatoms. The maximum atomic E-state index is 11.9. The number of hydrogen-bond acceptors (Lipinski definition) is 3. The van der Waals surface area contributed by atoms with Crippen molar-refractivity contribution in [3.05, 3.63) is 55.6 Å². The molecule has 0 unspecified atom stereocenters. The molecular formula is C12H8BrCl2N3O2. The number of amides is 1. The smallest absolute Gasteiger partial charge is 0.269 e. The summed E-state index contributed by atoms with van der Waals surface area (Å²) in [6.07, 6.45) is 1.22. The molecule has 1 amide bonds. The first-order chi connectivity index (χ1) is 9.47. The Kier molecular flexibility index (Phi) is 4.80. The predicted molar refractivity (Wildman–Crippen MR) is 81.3 cm³/mol. The van der Waals surface area contributed by atoms with Crippen LogP contribution in [0.2, 0.25) is 10.2 Å². The van der Waals surface area contributed by atoms with Crippen molar-refractivity contribution in [3.63, 3.8) is 0 Å². The van der Waals surface area contributed by atoms with E-state index in [4.69, 9.17) is 23.2 Å². The molecule has 0 spiro atoms. The van der Waals surface area contributed by atoms with Crippen LogP contribution in [0.1, 0.15) is 0 Å². The Labute approximate surface area is 132 Å². The molecule has 0 bridgehead atoms. The molecule has 1 heterocycles. The summed E-state index contributed by atoms with van der Waals surface area (Å²) in [6, 6.07) is 6.72. The average molecular weight is 377 g/mol. The monoisotopic (exact) mass is 375 g/mol. The van der Waals surface area contributed by atoms with Crippen LogP contribution in [0.25, 0.3) is 0 Å². The minimum Gasteiger partial charge on any atom is -0.324 e. The SMILES string of the molecule is O=C(Cn1cnc(Cl)c(Br)c1=O)Nc1cccc(Cl)c1. The number of carbonyl (C=O) groups excluding carboxylic acids is 1. The van der Waals surface area contributed by atoms with Crippen molar-refractivity contribution < 1.29 is 4.79 Å². The third-order valence-corrected chi connectivity index (χ3v) is 3.83. The van der Waals surface area contributed by atoms with Crippen LogP contribution in [-0.2, 0) is 11.3 Å². The zero-order valence-corrected chi connectivity index (χ0v) is 13.0. The van der Waals surface area contributed by atoms with Gasteiger partial charge in [-0.1, -0.05) is 29.3 Å². The van der Waals surface area contributed by atoms with E-state index in [1.807, 2.05) is 0 Å². The van der Waals surface area contributed by atoms with Gasteiger partial charge in [-0.15, -0.1) is 0 Å². The molecule has 2 rings (SSSR count). The van der Waals surface area contributed by atoms with Crippen molar-refractivity contribution in [3.8, 4) is 0 Å². The quantitative estimate of drug-likeness (QED) is 0.837. The summed E-state index contributed by atoms with van der Waals surface area (Å²) < 4.78 is 1.27. The molecule has 104 valence electrons. The number of aromatic nitrogens is 2. The molecule has 20 heavy (non-hydrogen) atoms. The van der Waals surface area contributed by atoms with E-state index >= 15 is 0 Å². The molecule has 5 nitrogen and oxygen atoms in total. The highest BCUT2D eigenvalue weighted by Gasteiger charge is 2.10. The zero-order valence-electron chi connectivity index (χ0n) is 9.94. The highest BCUT2D eigenvalue weighted by molar-refractivity contribution is 9.10. The second-order valence-corrected chi connectivity index (χ2v) is 5.43. The van der Waals surface area contributed by atoms with E-state index in [9.17, 15) is 9.59 Å². The van der Waals surface area contributed by atoms with E-state index in [0.29, 0.717) is 10.7 Å². The van der Waals surface area contributed by atoms with Crippen molar-refractivity contribution in [2.45, 2.75) is 6.54 Å². The lowest BCUT2D eigenvalue weighted by atomic mass is 10.3. The van der Waals surface area contributed by atoms with Crippen molar-refractivity contribution in [1.29, 1.82) is 0 Å². The summed E-state index contributed by atoms with van der Waals surface area (Å²) in [5.41, 5.74) is 0.128. The Balaban J connectivity index is 2.13. The molecule has 0 aliphatic heterocycles. The van der Waals surface area contributed by atoms with Gasteiger partial charge in [0.2, 0.25) is 5.91 Å². The van der Waals surface area contributed by atoms with Gasteiger partial charge in [0.15, 0.2) is 5.15 Å². The van der Waals surface area contributed by atoms with Gasteiger partial charge in [0.05, 0.1) is 6.33 Å². The van der Waals surface area contributed by atoms with Crippen LogP contribution < -0.4 is 10.9 Å². The summed E-state index contributed by atoms with van der Waals surface area (Å²) in [5, 5.41) is 3.20. The third kappa shape index (κ3) is 3.59. The lowest BCUT2D eigenvalue weighted by Crippen LogP contribution is -2.28. The number of rotatable bonds is 3. The highest BCUT2D eigenvalue weighted by Crippen LogP contribution is 2.15. The van der Waals surface area contributed by atoms with Crippen LogP contribution in [0.4, 0.5) is 5.69 Å². The summed E-state index contributed by atoms with van der Waals surface area (Å²) in [5.74, 6) is -0.370. The van der Waals surface area contributed by atoms with Crippen LogP contribution >= 0.6 is 39.1 Å². The average Bonchev–Trinajstić information content (AvgIpc) is 2.39. The van der Waals surface area contributed by atoms with Crippen molar-refractivity contribution in [2.24, 2.45) is 0 Å².